The summed E-state index contributed by atoms with van der Waals surface area (Å²) in [5.41, 5.74) is -0.579. The maximum absolute atomic E-state index is 12.8. The van der Waals surface area contributed by atoms with Crippen molar-refractivity contribution in [2.75, 3.05) is 11.9 Å². The molecule has 0 aliphatic carbocycles. The number of nitrogens with zero attached hydrogens (tertiary/aromatic N) is 1. The van der Waals surface area contributed by atoms with Crippen LogP contribution in [0.3, 0.4) is 0 Å². The Balaban J connectivity index is 2.49. The number of hydrogen-bond donors (Lipinski definition) is 1. The number of anilines is 1. The minimum absolute atomic E-state index is 0.0383. The van der Waals surface area contributed by atoms with Crippen LogP contribution in [0.4, 0.5) is 18.9 Å². The lowest BCUT2D eigenvalue weighted by Crippen LogP contribution is -2.10. The van der Waals surface area contributed by atoms with E-state index in [1.807, 2.05) is 13.8 Å². The zero-order valence-electron chi connectivity index (χ0n) is 12.0. The highest BCUT2D eigenvalue weighted by molar-refractivity contribution is 9.10. The van der Waals surface area contributed by atoms with Gasteiger partial charge in [0.05, 0.1) is 17.0 Å². The fourth-order valence-corrected chi connectivity index (χ4v) is 2.30. The molecule has 0 aliphatic heterocycles. The van der Waals surface area contributed by atoms with E-state index in [0.717, 1.165) is 25.3 Å². The van der Waals surface area contributed by atoms with Gasteiger partial charge in [0.2, 0.25) is 0 Å². The van der Waals surface area contributed by atoms with Gasteiger partial charge in [0, 0.05) is 16.7 Å². The van der Waals surface area contributed by atoms with Gasteiger partial charge in [-0.25, -0.2) is 0 Å². The van der Waals surface area contributed by atoms with Gasteiger partial charge in [0.15, 0.2) is 0 Å². The van der Waals surface area contributed by atoms with Crippen LogP contribution in [-0.2, 0) is 6.18 Å². The quantitative estimate of drug-likeness (QED) is 0.668. The second-order valence-electron chi connectivity index (χ2n) is 5.57. The van der Waals surface area contributed by atoms with Crippen LogP contribution in [-0.4, -0.2) is 6.54 Å². The molecule has 6 heteroatoms. The summed E-state index contributed by atoms with van der Waals surface area (Å²) in [5.74, 6) is 0. The second-order valence-corrected chi connectivity index (χ2v) is 6.43. The third kappa shape index (κ3) is 5.96. The first-order valence-electron chi connectivity index (χ1n) is 6.67. The van der Waals surface area contributed by atoms with Gasteiger partial charge in [-0.05, 0) is 44.9 Å². The molecule has 0 heterocycles. The second kappa shape index (κ2) is 7.17. The maximum Gasteiger partial charge on any atom is 0.417 e. The maximum atomic E-state index is 12.8. The van der Waals surface area contributed by atoms with Gasteiger partial charge in [-0.15, -0.1) is 0 Å². The smallest absolute Gasteiger partial charge is 0.385 e. The molecule has 1 rings (SSSR count). The summed E-state index contributed by atoms with van der Waals surface area (Å²) < 4.78 is 38.3. The van der Waals surface area contributed by atoms with Crippen molar-refractivity contribution < 1.29 is 13.2 Å². The molecule has 1 N–H and O–H groups in total. The van der Waals surface area contributed by atoms with Crippen LogP contribution in [0.1, 0.15) is 38.7 Å². The standard InChI is InChI=1S/C15H18BrF3N2/c1-14(2,10-20)7-3-4-8-21-11-5-6-13(16)12(9-11)15(17,18)19/h5-6,9,21H,3-4,7-8H2,1-2H3. The molecule has 0 saturated carbocycles. The lowest BCUT2D eigenvalue weighted by atomic mass is 9.89. The molecule has 0 aromatic heterocycles. The molecule has 0 radical (unpaired) electrons. The van der Waals surface area contributed by atoms with Crippen LogP contribution >= 0.6 is 15.9 Å². The topological polar surface area (TPSA) is 35.8 Å². The van der Waals surface area contributed by atoms with E-state index in [-0.39, 0.29) is 9.89 Å². The minimum atomic E-state index is -4.37. The Labute approximate surface area is 131 Å². The van der Waals surface area contributed by atoms with Gasteiger partial charge < -0.3 is 5.32 Å². The first kappa shape index (κ1) is 17.8. The number of unbranched alkanes of at least 4 members (excludes halogenated alkanes) is 1. The summed E-state index contributed by atoms with van der Waals surface area (Å²) in [6.07, 6.45) is -1.93. The van der Waals surface area contributed by atoms with Gasteiger partial charge >= 0.3 is 6.18 Å². The third-order valence-corrected chi connectivity index (χ3v) is 3.82. The zero-order valence-corrected chi connectivity index (χ0v) is 13.6. The molecule has 0 unspecified atom stereocenters. The van der Waals surface area contributed by atoms with Gasteiger partial charge in [-0.2, -0.15) is 18.4 Å². The molecule has 0 saturated heterocycles. The Morgan fingerprint density at radius 3 is 2.48 bits per heavy atom. The first-order chi connectivity index (χ1) is 9.65. The van der Waals surface area contributed by atoms with Crippen molar-refractivity contribution in [2.24, 2.45) is 5.41 Å². The fraction of sp³-hybridized carbons (Fsp3) is 0.533. The molecule has 0 atom stereocenters. The third-order valence-electron chi connectivity index (χ3n) is 3.13. The number of halogens is 4. The molecule has 1 aromatic carbocycles. The highest BCUT2D eigenvalue weighted by Gasteiger charge is 2.33. The molecule has 1 aromatic rings. The predicted octanol–water partition coefficient (Wildman–Crippen LogP) is 5.60. The zero-order chi connectivity index (χ0) is 16.1. The normalized spacial score (nSPS) is 12.0. The van der Waals surface area contributed by atoms with E-state index in [0.29, 0.717) is 12.2 Å². The summed E-state index contributed by atoms with van der Waals surface area (Å²) in [6.45, 7) is 4.34. The van der Waals surface area contributed by atoms with Crippen LogP contribution in [0.5, 0.6) is 0 Å². The van der Waals surface area contributed by atoms with Gasteiger partial charge in [0.25, 0.3) is 0 Å². The Hall–Kier alpha value is -1.22. The highest BCUT2D eigenvalue weighted by Crippen LogP contribution is 2.36. The van der Waals surface area contributed by atoms with Crippen molar-refractivity contribution in [1.29, 1.82) is 5.26 Å². The highest BCUT2D eigenvalue weighted by atomic mass is 79.9. The lowest BCUT2D eigenvalue weighted by molar-refractivity contribution is -0.138. The molecular formula is C15H18BrF3N2. The monoisotopic (exact) mass is 362 g/mol. The molecular weight excluding hydrogens is 345 g/mol. The van der Waals surface area contributed by atoms with Crippen LogP contribution in [0, 0.1) is 16.7 Å². The van der Waals surface area contributed by atoms with E-state index < -0.39 is 11.7 Å². The lowest BCUT2D eigenvalue weighted by Gasteiger charge is -2.15. The number of benzene rings is 1. The van der Waals surface area contributed by atoms with Crippen molar-refractivity contribution in [2.45, 2.75) is 39.3 Å². The van der Waals surface area contributed by atoms with Crippen molar-refractivity contribution in [1.82, 2.24) is 0 Å². The molecule has 0 bridgehead atoms. The fourth-order valence-electron chi connectivity index (χ4n) is 1.83. The molecule has 0 amide bonds. The molecule has 21 heavy (non-hydrogen) atoms. The summed E-state index contributed by atoms with van der Waals surface area (Å²) in [4.78, 5) is 0. The Bertz CT molecular complexity index is 519. The van der Waals surface area contributed by atoms with Gasteiger partial charge in [-0.1, -0.05) is 22.4 Å². The Morgan fingerprint density at radius 2 is 1.90 bits per heavy atom. The number of nitriles is 1. The number of alkyl halides is 3. The van der Waals surface area contributed by atoms with Crippen LogP contribution in [0.25, 0.3) is 0 Å². The molecule has 0 aliphatic rings. The Morgan fingerprint density at radius 1 is 1.24 bits per heavy atom. The molecule has 116 valence electrons. The van der Waals surface area contributed by atoms with E-state index in [4.69, 9.17) is 5.26 Å². The van der Waals surface area contributed by atoms with E-state index in [1.165, 1.54) is 6.07 Å². The number of hydrogen-bond acceptors (Lipinski definition) is 2. The summed E-state index contributed by atoms with van der Waals surface area (Å²) in [6, 6.07) is 6.33. The average Bonchev–Trinajstić information content (AvgIpc) is 2.39. The van der Waals surface area contributed by atoms with Crippen molar-refractivity contribution in [3.63, 3.8) is 0 Å². The van der Waals surface area contributed by atoms with E-state index >= 15 is 0 Å². The van der Waals surface area contributed by atoms with Crippen LogP contribution in [0.15, 0.2) is 22.7 Å². The SMILES string of the molecule is CC(C)(C#N)CCCCNc1ccc(Br)c(C(F)(F)F)c1. The predicted molar refractivity (Wildman–Crippen MR) is 80.9 cm³/mol. The summed E-state index contributed by atoms with van der Waals surface area (Å²) in [7, 11) is 0. The van der Waals surface area contributed by atoms with Crippen LogP contribution < -0.4 is 5.32 Å². The van der Waals surface area contributed by atoms with Crippen molar-refractivity contribution >= 4 is 21.6 Å². The summed E-state index contributed by atoms with van der Waals surface area (Å²) >= 11 is 2.91. The van der Waals surface area contributed by atoms with E-state index in [1.54, 1.807) is 6.07 Å². The largest absolute Gasteiger partial charge is 0.417 e. The Kier molecular flexibility index (Phi) is 6.09. The van der Waals surface area contributed by atoms with Crippen molar-refractivity contribution in [3.05, 3.63) is 28.2 Å². The van der Waals surface area contributed by atoms with Gasteiger partial charge in [0.1, 0.15) is 0 Å². The minimum Gasteiger partial charge on any atom is -0.385 e. The van der Waals surface area contributed by atoms with E-state index in [9.17, 15) is 13.2 Å². The average molecular weight is 363 g/mol. The first-order valence-corrected chi connectivity index (χ1v) is 7.47. The van der Waals surface area contributed by atoms with Crippen molar-refractivity contribution in [3.8, 4) is 6.07 Å². The van der Waals surface area contributed by atoms with Crippen LogP contribution in [0.2, 0.25) is 0 Å². The number of nitrogens with one attached hydrogen (secondary N) is 1. The van der Waals surface area contributed by atoms with E-state index in [2.05, 4.69) is 27.3 Å². The molecule has 0 spiro atoms. The number of rotatable bonds is 6. The molecule has 2 nitrogen and oxygen atoms in total. The summed E-state index contributed by atoms with van der Waals surface area (Å²) in [5, 5.41) is 11.9. The van der Waals surface area contributed by atoms with Gasteiger partial charge in [-0.3, -0.25) is 0 Å². The molecule has 0 fully saturated rings.